The fourth-order valence-electron chi connectivity index (χ4n) is 2.39. The highest BCUT2D eigenvalue weighted by molar-refractivity contribution is 5.98. The summed E-state index contributed by atoms with van der Waals surface area (Å²) < 4.78 is 11.0. The largest absolute Gasteiger partial charge is 0.375 e. The van der Waals surface area contributed by atoms with Crippen molar-refractivity contribution in [2.75, 3.05) is 34.0 Å². The van der Waals surface area contributed by atoms with Crippen LogP contribution in [0.1, 0.15) is 22.3 Å². The zero-order valence-electron chi connectivity index (χ0n) is 14.6. The molecule has 2 rings (SSSR count). The van der Waals surface area contributed by atoms with E-state index in [1.54, 1.807) is 12.1 Å². The number of rotatable bonds is 2. The molecule has 0 spiro atoms. The van der Waals surface area contributed by atoms with Gasteiger partial charge in [-0.1, -0.05) is 30.4 Å². The second-order valence-electron chi connectivity index (χ2n) is 5.54. The topological polar surface area (TPSA) is 77.1 Å². The van der Waals surface area contributed by atoms with Crippen LogP contribution in [0.2, 0.25) is 0 Å². The van der Waals surface area contributed by atoms with Crippen LogP contribution < -0.4 is 5.32 Å². The van der Waals surface area contributed by atoms with Gasteiger partial charge in [0, 0.05) is 12.6 Å². The molecule has 0 bridgehead atoms. The first-order valence-corrected chi connectivity index (χ1v) is 8.14. The Morgan fingerprint density at radius 1 is 1.24 bits per heavy atom. The molecule has 0 unspecified atom stereocenters. The van der Waals surface area contributed by atoms with E-state index in [-0.39, 0.29) is 11.8 Å². The summed E-state index contributed by atoms with van der Waals surface area (Å²) in [7, 11) is 2.91. The average molecular weight is 348 g/mol. The van der Waals surface area contributed by atoms with Gasteiger partial charge in [0.2, 0.25) is 0 Å². The average Bonchev–Trinajstić information content (AvgIpc) is 2.64. The standard InChI is InChI=1S/C18H24N2O5/c1-20(23-2)18(22)16-9-5-6-10-24-11-12-25-13-14-7-3-4-8-15(14)17(21)19-16/h3-8,16H,9-13H2,1-2H3,(H,19,21)/b6-5+/t16-/m0/s1. The first-order valence-electron chi connectivity index (χ1n) is 8.14. The summed E-state index contributed by atoms with van der Waals surface area (Å²) in [6.45, 7) is 1.64. The van der Waals surface area contributed by atoms with E-state index < -0.39 is 6.04 Å². The fourth-order valence-corrected chi connectivity index (χ4v) is 2.39. The van der Waals surface area contributed by atoms with Crippen LogP contribution in [0, 0.1) is 0 Å². The summed E-state index contributed by atoms with van der Waals surface area (Å²) in [6.07, 6.45) is 3.98. The quantitative estimate of drug-likeness (QED) is 0.644. The van der Waals surface area contributed by atoms with Gasteiger partial charge in [0.05, 0.1) is 33.5 Å². The Bertz CT molecular complexity index is 617. The number of hydrogen-bond donors (Lipinski definition) is 1. The maximum atomic E-state index is 12.7. The molecule has 0 aliphatic carbocycles. The number of nitrogens with zero attached hydrogens (tertiary/aromatic N) is 1. The second kappa shape index (κ2) is 9.93. The normalized spacial score (nSPS) is 20.7. The van der Waals surface area contributed by atoms with Crippen molar-refractivity contribution < 1.29 is 23.9 Å². The molecule has 1 aliphatic heterocycles. The molecule has 25 heavy (non-hydrogen) atoms. The molecule has 1 aromatic carbocycles. The summed E-state index contributed by atoms with van der Waals surface area (Å²) >= 11 is 0. The molecular formula is C18H24N2O5. The Morgan fingerprint density at radius 3 is 2.80 bits per heavy atom. The van der Waals surface area contributed by atoms with Crippen LogP contribution in [-0.4, -0.2) is 56.9 Å². The number of ether oxygens (including phenoxy) is 2. The van der Waals surface area contributed by atoms with Gasteiger partial charge < -0.3 is 14.8 Å². The van der Waals surface area contributed by atoms with Gasteiger partial charge in [-0.3, -0.25) is 14.4 Å². The van der Waals surface area contributed by atoms with Gasteiger partial charge in [0.15, 0.2) is 0 Å². The van der Waals surface area contributed by atoms with E-state index in [4.69, 9.17) is 14.3 Å². The molecule has 2 amide bonds. The lowest BCUT2D eigenvalue weighted by molar-refractivity contribution is -0.170. The van der Waals surface area contributed by atoms with Crippen molar-refractivity contribution in [3.63, 3.8) is 0 Å². The number of nitrogens with one attached hydrogen (secondary N) is 1. The summed E-state index contributed by atoms with van der Waals surface area (Å²) in [5.74, 6) is -0.647. The minimum Gasteiger partial charge on any atom is -0.375 e. The lowest BCUT2D eigenvalue weighted by atomic mass is 10.1. The highest BCUT2D eigenvalue weighted by Gasteiger charge is 2.24. The van der Waals surface area contributed by atoms with E-state index in [2.05, 4.69) is 5.32 Å². The van der Waals surface area contributed by atoms with Crippen LogP contribution in [0.3, 0.4) is 0 Å². The molecule has 0 fully saturated rings. The first kappa shape index (κ1) is 19.1. The lowest BCUT2D eigenvalue weighted by Crippen LogP contribution is -2.47. The van der Waals surface area contributed by atoms with E-state index in [9.17, 15) is 9.59 Å². The molecule has 1 aromatic rings. The van der Waals surface area contributed by atoms with E-state index in [0.29, 0.717) is 38.4 Å². The van der Waals surface area contributed by atoms with Gasteiger partial charge in [0.25, 0.3) is 11.8 Å². The van der Waals surface area contributed by atoms with Crippen LogP contribution in [0.4, 0.5) is 0 Å². The summed E-state index contributed by atoms with van der Waals surface area (Å²) in [4.78, 5) is 30.0. The van der Waals surface area contributed by atoms with Crippen molar-refractivity contribution in [2.45, 2.75) is 19.1 Å². The molecule has 136 valence electrons. The van der Waals surface area contributed by atoms with Gasteiger partial charge in [0.1, 0.15) is 6.04 Å². The number of hydrogen-bond acceptors (Lipinski definition) is 5. The van der Waals surface area contributed by atoms with E-state index >= 15 is 0 Å². The number of carbonyl (C=O) groups excluding carboxylic acids is 2. The zero-order chi connectivity index (χ0) is 18.1. The van der Waals surface area contributed by atoms with Crippen LogP contribution in [0.25, 0.3) is 0 Å². The Labute approximate surface area is 147 Å². The van der Waals surface area contributed by atoms with E-state index in [1.165, 1.54) is 14.2 Å². The molecule has 0 aromatic heterocycles. The van der Waals surface area contributed by atoms with Crippen LogP contribution in [-0.2, 0) is 25.7 Å². The summed E-state index contributed by atoms with van der Waals surface area (Å²) in [6, 6.07) is 6.44. The molecule has 1 aliphatic rings. The molecular weight excluding hydrogens is 324 g/mol. The van der Waals surface area contributed by atoms with Crippen molar-refractivity contribution in [3.05, 3.63) is 47.5 Å². The van der Waals surface area contributed by atoms with Gasteiger partial charge in [-0.15, -0.1) is 0 Å². The fraction of sp³-hybridized carbons (Fsp3) is 0.444. The number of fused-ring (bicyclic) bond motifs is 1. The molecule has 7 nitrogen and oxygen atoms in total. The number of carbonyl (C=O) groups is 2. The van der Waals surface area contributed by atoms with Crippen molar-refractivity contribution in [1.29, 1.82) is 0 Å². The molecule has 1 heterocycles. The van der Waals surface area contributed by atoms with Gasteiger partial charge >= 0.3 is 0 Å². The lowest BCUT2D eigenvalue weighted by Gasteiger charge is -2.22. The van der Waals surface area contributed by atoms with E-state index in [0.717, 1.165) is 10.6 Å². The number of hydroxylamine groups is 2. The van der Waals surface area contributed by atoms with Gasteiger partial charge in [-0.05, 0) is 18.1 Å². The third kappa shape index (κ3) is 5.67. The Hall–Kier alpha value is -2.22. The first-order chi connectivity index (χ1) is 12.1. The SMILES string of the molecule is CON(C)C(=O)[C@@H]1C/C=C/COCCOCc2ccccc2C(=O)N1. The van der Waals surface area contributed by atoms with Crippen molar-refractivity contribution in [2.24, 2.45) is 0 Å². The third-order valence-corrected chi connectivity index (χ3v) is 3.83. The van der Waals surface area contributed by atoms with E-state index in [1.807, 2.05) is 24.3 Å². The Kier molecular flexibility index (Phi) is 7.59. The maximum absolute atomic E-state index is 12.7. The van der Waals surface area contributed by atoms with Crippen LogP contribution >= 0.6 is 0 Å². The molecule has 0 saturated heterocycles. The third-order valence-electron chi connectivity index (χ3n) is 3.83. The van der Waals surface area contributed by atoms with Crippen molar-refractivity contribution >= 4 is 11.8 Å². The molecule has 0 radical (unpaired) electrons. The zero-order valence-corrected chi connectivity index (χ0v) is 14.6. The molecule has 7 heteroatoms. The summed E-state index contributed by atoms with van der Waals surface area (Å²) in [5, 5.41) is 3.89. The minimum absolute atomic E-state index is 0.305. The van der Waals surface area contributed by atoms with Crippen molar-refractivity contribution in [3.8, 4) is 0 Å². The Balaban J connectivity index is 2.23. The number of likely N-dealkylation sites (N-methyl/N-ethyl adjacent to an activating group) is 1. The van der Waals surface area contributed by atoms with Crippen LogP contribution in [0.15, 0.2) is 36.4 Å². The van der Waals surface area contributed by atoms with Crippen LogP contribution in [0.5, 0.6) is 0 Å². The molecule has 0 saturated carbocycles. The second-order valence-corrected chi connectivity index (χ2v) is 5.54. The predicted octanol–water partition coefficient (Wildman–Crippen LogP) is 1.30. The van der Waals surface area contributed by atoms with Crippen molar-refractivity contribution in [1.82, 2.24) is 10.4 Å². The Morgan fingerprint density at radius 2 is 2.00 bits per heavy atom. The molecule has 1 N–H and O–H groups in total. The maximum Gasteiger partial charge on any atom is 0.268 e. The smallest absolute Gasteiger partial charge is 0.268 e. The number of benzene rings is 1. The van der Waals surface area contributed by atoms with Gasteiger partial charge in [-0.25, -0.2) is 5.06 Å². The van der Waals surface area contributed by atoms with Gasteiger partial charge in [-0.2, -0.15) is 0 Å². The highest BCUT2D eigenvalue weighted by atomic mass is 16.7. The molecule has 1 atom stereocenters. The highest BCUT2D eigenvalue weighted by Crippen LogP contribution is 2.12. The monoisotopic (exact) mass is 348 g/mol. The number of amides is 2. The summed E-state index contributed by atoms with van der Waals surface area (Å²) in [5.41, 5.74) is 1.25. The minimum atomic E-state index is -0.731. The predicted molar refractivity (Wildman–Crippen MR) is 91.7 cm³/mol.